The third-order valence-electron chi connectivity index (χ3n) is 4.25. The second-order valence-electron chi connectivity index (χ2n) is 6.02. The van der Waals surface area contributed by atoms with Crippen molar-refractivity contribution in [1.29, 1.82) is 0 Å². The largest absolute Gasteiger partial charge is 0.416 e. The molecule has 1 heterocycles. The Balaban J connectivity index is 1.63. The SMILES string of the molecule is O=C(Cc1ccc(C(F)(F)F)cc1)Nc1ccnn1C1CCCC1. The standard InChI is InChI=1S/C17H18F3N3O/c18-17(19,20)13-7-5-12(6-8-13)11-16(24)22-15-9-10-21-23(15)14-3-1-2-4-14/h5-10,14H,1-4,11H2,(H,22,24). The van der Waals surface area contributed by atoms with E-state index < -0.39 is 11.7 Å². The Morgan fingerprint density at radius 3 is 2.46 bits per heavy atom. The monoisotopic (exact) mass is 337 g/mol. The van der Waals surface area contributed by atoms with Crippen molar-refractivity contribution in [3.63, 3.8) is 0 Å². The fourth-order valence-corrected chi connectivity index (χ4v) is 3.04. The lowest BCUT2D eigenvalue weighted by Crippen LogP contribution is -2.19. The van der Waals surface area contributed by atoms with Crippen LogP contribution in [0.5, 0.6) is 0 Å². The predicted molar refractivity (Wildman–Crippen MR) is 83.5 cm³/mol. The normalized spacial score (nSPS) is 15.6. The third-order valence-corrected chi connectivity index (χ3v) is 4.25. The molecule has 1 saturated carbocycles. The van der Waals surface area contributed by atoms with E-state index in [0.717, 1.165) is 37.8 Å². The van der Waals surface area contributed by atoms with E-state index in [1.807, 2.05) is 4.68 Å². The zero-order chi connectivity index (χ0) is 17.2. The van der Waals surface area contributed by atoms with Crippen molar-refractivity contribution in [1.82, 2.24) is 9.78 Å². The summed E-state index contributed by atoms with van der Waals surface area (Å²) in [6.07, 6.45) is 1.70. The van der Waals surface area contributed by atoms with E-state index in [4.69, 9.17) is 0 Å². The van der Waals surface area contributed by atoms with Gasteiger partial charge in [0.25, 0.3) is 0 Å². The van der Waals surface area contributed by atoms with Gasteiger partial charge in [0, 0.05) is 6.07 Å². The summed E-state index contributed by atoms with van der Waals surface area (Å²) in [6, 6.07) is 6.69. The highest BCUT2D eigenvalue weighted by Crippen LogP contribution is 2.31. The molecule has 0 radical (unpaired) electrons. The smallest absolute Gasteiger partial charge is 0.311 e. The van der Waals surface area contributed by atoms with Gasteiger partial charge in [-0.05, 0) is 30.5 Å². The summed E-state index contributed by atoms with van der Waals surface area (Å²) in [5.74, 6) is 0.369. The number of halogens is 3. The number of rotatable bonds is 4. The van der Waals surface area contributed by atoms with E-state index >= 15 is 0 Å². The molecule has 0 spiro atoms. The molecular weight excluding hydrogens is 319 g/mol. The fraction of sp³-hybridized carbons (Fsp3) is 0.412. The minimum absolute atomic E-state index is 0.0218. The van der Waals surface area contributed by atoms with E-state index in [9.17, 15) is 18.0 Å². The van der Waals surface area contributed by atoms with Crippen LogP contribution in [0.15, 0.2) is 36.5 Å². The van der Waals surface area contributed by atoms with Crippen LogP contribution in [0.4, 0.5) is 19.0 Å². The predicted octanol–water partition coefficient (Wildman–Crippen LogP) is 4.20. The average Bonchev–Trinajstić information content (AvgIpc) is 3.17. The van der Waals surface area contributed by atoms with Crippen LogP contribution in [-0.4, -0.2) is 15.7 Å². The summed E-state index contributed by atoms with van der Waals surface area (Å²) in [5, 5.41) is 7.07. The number of benzene rings is 1. The molecule has 0 bridgehead atoms. The number of hydrogen-bond acceptors (Lipinski definition) is 2. The lowest BCUT2D eigenvalue weighted by molar-refractivity contribution is -0.137. The summed E-state index contributed by atoms with van der Waals surface area (Å²) in [6.45, 7) is 0. The number of carbonyl (C=O) groups excluding carboxylic acids is 1. The Kier molecular flexibility index (Phi) is 4.59. The number of hydrogen-bond donors (Lipinski definition) is 1. The van der Waals surface area contributed by atoms with Crippen LogP contribution < -0.4 is 5.32 Å². The molecule has 0 saturated heterocycles. The van der Waals surface area contributed by atoms with Gasteiger partial charge in [-0.15, -0.1) is 0 Å². The third kappa shape index (κ3) is 3.77. The van der Waals surface area contributed by atoms with Gasteiger partial charge >= 0.3 is 6.18 Å². The van der Waals surface area contributed by atoms with E-state index in [2.05, 4.69) is 10.4 Å². The van der Waals surface area contributed by atoms with Crippen molar-refractivity contribution in [3.05, 3.63) is 47.7 Å². The molecule has 3 rings (SSSR count). The Morgan fingerprint density at radius 2 is 1.83 bits per heavy atom. The van der Waals surface area contributed by atoms with Gasteiger partial charge < -0.3 is 5.32 Å². The number of anilines is 1. The van der Waals surface area contributed by atoms with Gasteiger partial charge in [-0.2, -0.15) is 18.3 Å². The van der Waals surface area contributed by atoms with Crippen molar-refractivity contribution in [2.75, 3.05) is 5.32 Å². The van der Waals surface area contributed by atoms with Crippen LogP contribution in [0.25, 0.3) is 0 Å². The van der Waals surface area contributed by atoms with Crippen LogP contribution in [-0.2, 0) is 17.4 Å². The summed E-state index contributed by atoms with van der Waals surface area (Å²) >= 11 is 0. The molecule has 1 aliphatic rings. The number of aromatic nitrogens is 2. The molecule has 1 amide bonds. The van der Waals surface area contributed by atoms with E-state index in [1.54, 1.807) is 12.3 Å². The van der Waals surface area contributed by atoms with E-state index in [0.29, 0.717) is 17.4 Å². The first kappa shape index (κ1) is 16.5. The number of carbonyl (C=O) groups is 1. The molecule has 1 fully saturated rings. The van der Waals surface area contributed by atoms with Gasteiger partial charge in [-0.25, -0.2) is 4.68 Å². The zero-order valence-electron chi connectivity index (χ0n) is 13.0. The topological polar surface area (TPSA) is 46.9 Å². The number of nitrogens with one attached hydrogen (secondary N) is 1. The number of alkyl halides is 3. The lowest BCUT2D eigenvalue weighted by atomic mass is 10.1. The lowest BCUT2D eigenvalue weighted by Gasteiger charge is -2.14. The maximum Gasteiger partial charge on any atom is 0.416 e. The molecule has 4 nitrogen and oxygen atoms in total. The molecule has 128 valence electrons. The molecule has 0 unspecified atom stereocenters. The van der Waals surface area contributed by atoms with Crippen LogP contribution in [0, 0.1) is 0 Å². The van der Waals surface area contributed by atoms with Gasteiger partial charge in [0.1, 0.15) is 5.82 Å². The highest BCUT2D eigenvalue weighted by atomic mass is 19.4. The van der Waals surface area contributed by atoms with Crippen molar-refractivity contribution >= 4 is 11.7 Å². The van der Waals surface area contributed by atoms with Gasteiger partial charge in [0.2, 0.25) is 5.91 Å². The number of amides is 1. The molecule has 7 heteroatoms. The molecule has 0 aliphatic heterocycles. The minimum atomic E-state index is -4.37. The van der Waals surface area contributed by atoms with Gasteiger partial charge in [0.05, 0.1) is 24.2 Å². The average molecular weight is 337 g/mol. The molecule has 1 aromatic heterocycles. The number of nitrogens with zero attached hydrogens (tertiary/aromatic N) is 2. The van der Waals surface area contributed by atoms with Gasteiger partial charge in [0.15, 0.2) is 0 Å². The van der Waals surface area contributed by atoms with Crippen LogP contribution in [0.2, 0.25) is 0 Å². The molecule has 1 aromatic carbocycles. The van der Waals surface area contributed by atoms with E-state index in [1.165, 1.54) is 12.1 Å². The highest BCUT2D eigenvalue weighted by Gasteiger charge is 2.30. The first-order valence-electron chi connectivity index (χ1n) is 7.93. The molecule has 2 aromatic rings. The first-order chi connectivity index (χ1) is 11.4. The molecule has 24 heavy (non-hydrogen) atoms. The minimum Gasteiger partial charge on any atom is -0.311 e. The van der Waals surface area contributed by atoms with Crippen molar-refractivity contribution in [3.8, 4) is 0 Å². The Hall–Kier alpha value is -2.31. The van der Waals surface area contributed by atoms with Crippen molar-refractivity contribution in [2.24, 2.45) is 0 Å². The quantitative estimate of drug-likeness (QED) is 0.909. The summed E-state index contributed by atoms with van der Waals surface area (Å²) in [7, 11) is 0. The van der Waals surface area contributed by atoms with Crippen LogP contribution in [0.3, 0.4) is 0 Å². The first-order valence-corrected chi connectivity index (χ1v) is 7.93. The Bertz CT molecular complexity index is 701. The fourth-order valence-electron chi connectivity index (χ4n) is 3.04. The van der Waals surface area contributed by atoms with Crippen LogP contribution in [0.1, 0.15) is 42.9 Å². The summed E-state index contributed by atoms with van der Waals surface area (Å²) in [4.78, 5) is 12.2. The zero-order valence-corrected chi connectivity index (χ0v) is 13.0. The van der Waals surface area contributed by atoms with Crippen molar-refractivity contribution in [2.45, 2.75) is 44.3 Å². The highest BCUT2D eigenvalue weighted by molar-refractivity contribution is 5.91. The summed E-state index contributed by atoms with van der Waals surface area (Å²) < 4.78 is 39.4. The second kappa shape index (κ2) is 6.67. The van der Waals surface area contributed by atoms with Crippen LogP contribution >= 0.6 is 0 Å². The Labute approximate surface area is 137 Å². The molecular formula is C17H18F3N3O. The van der Waals surface area contributed by atoms with Gasteiger partial charge in [-0.1, -0.05) is 25.0 Å². The van der Waals surface area contributed by atoms with Gasteiger partial charge in [-0.3, -0.25) is 4.79 Å². The van der Waals surface area contributed by atoms with Crippen molar-refractivity contribution < 1.29 is 18.0 Å². The molecule has 1 N–H and O–H groups in total. The maximum atomic E-state index is 12.5. The summed E-state index contributed by atoms with van der Waals surface area (Å²) in [5.41, 5.74) is -0.182. The molecule has 0 atom stereocenters. The molecule has 1 aliphatic carbocycles. The second-order valence-corrected chi connectivity index (χ2v) is 6.02. The maximum absolute atomic E-state index is 12.5. The van der Waals surface area contributed by atoms with E-state index in [-0.39, 0.29) is 12.3 Å². The Morgan fingerprint density at radius 1 is 1.17 bits per heavy atom.